The molecule has 0 saturated carbocycles. The maximum atomic E-state index is 11.9. The summed E-state index contributed by atoms with van der Waals surface area (Å²) in [5, 5.41) is 4.25. The van der Waals surface area contributed by atoms with Gasteiger partial charge in [-0.1, -0.05) is 29.8 Å². The van der Waals surface area contributed by atoms with Gasteiger partial charge in [-0.3, -0.25) is 0 Å². The molecule has 21 heavy (non-hydrogen) atoms. The molecule has 1 aliphatic heterocycles. The average molecular weight is 311 g/mol. The van der Waals surface area contributed by atoms with Gasteiger partial charge in [0.2, 0.25) is 0 Å². The smallest absolute Gasteiger partial charge is 0.410 e. The fraction of sp³-hybridized carbons (Fsp3) is 0.562. The first-order valence-electron chi connectivity index (χ1n) is 7.24. The maximum absolute atomic E-state index is 11.9. The Morgan fingerprint density at radius 2 is 2.00 bits per heavy atom. The third kappa shape index (κ3) is 4.35. The van der Waals surface area contributed by atoms with Crippen LogP contribution in [0.5, 0.6) is 0 Å². The van der Waals surface area contributed by atoms with Crippen molar-refractivity contribution in [2.45, 2.75) is 45.4 Å². The summed E-state index contributed by atoms with van der Waals surface area (Å²) in [5.41, 5.74) is 0.635. The maximum Gasteiger partial charge on any atom is 0.410 e. The Hall–Kier alpha value is -1.26. The van der Waals surface area contributed by atoms with Gasteiger partial charge < -0.3 is 15.0 Å². The van der Waals surface area contributed by atoms with Crippen LogP contribution in [0.15, 0.2) is 24.3 Å². The van der Waals surface area contributed by atoms with E-state index in [0.29, 0.717) is 13.1 Å². The molecular formula is C16H23ClN2O2. The number of likely N-dealkylation sites (tertiary alicyclic amines) is 1. The Balaban J connectivity index is 1.81. The van der Waals surface area contributed by atoms with E-state index in [2.05, 4.69) is 12.2 Å². The molecule has 1 amide bonds. The summed E-state index contributed by atoms with van der Waals surface area (Å²) in [7, 11) is 0. The summed E-state index contributed by atoms with van der Waals surface area (Å²) in [6.07, 6.45) is -0.244. The molecular weight excluding hydrogens is 288 g/mol. The Labute approximate surface area is 131 Å². The largest absolute Gasteiger partial charge is 0.444 e. The fourth-order valence-corrected chi connectivity index (χ4v) is 2.63. The lowest BCUT2D eigenvalue weighted by atomic mass is 10.0. The van der Waals surface area contributed by atoms with Gasteiger partial charge in [-0.2, -0.15) is 0 Å². The molecule has 0 aromatic heterocycles. The molecule has 1 heterocycles. The lowest BCUT2D eigenvalue weighted by Gasteiger charge is -2.41. The number of hydrogen-bond acceptors (Lipinski definition) is 3. The topological polar surface area (TPSA) is 41.6 Å². The van der Waals surface area contributed by atoms with E-state index in [-0.39, 0.29) is 18.2 Å². The number of hydrogen-bond donors (Lipinski definition) is 1. The van der Waals surface area contributed by atoms with Crippen molar-refractivity contribution in [1.29, 1.82) is 0 Å². The second-order valence-corrected chi connectivity index (χ2v) is 6.90. The number of nitrogens with one attached hydrogen (secondary N) is 1. The molecule has 0 spiro atoms. The van der Waals surface area contributed by atoms with E-state index in [1.165, 1.54) is 0 Å². The predicted molar refractivity (Wildman–Crippen MR) is 84.6 cm³/mol. The van der Waals surface area contributed by atoms with Gasteiger partial charge >= 0.3 is 6.09 Å². The minimum Gasteiger partial charge on any atom is -0.444 e. The monoisotopic (exact) mass is 310 g/mol. The SMILES string of the molecule is C[C@H](NC1CN(C(=O)OC(C)(C)C)C1)c1ccccc1Cl. The molecule has 1 aliphatic rings. The summed E-state index contributed by atoms with van der Waals surface area (Å²) in [4.78, 5) is 13.6. The van der Waals surface area contributed by atoms with Gasteiger partial charge in [-0.25, -0.2) is 4.79 Å². The van der Waals surface area contributed by atoms with Crippen LogP contribution in [0.25, 0.3) is 0 Å². The first kappa shape index (κ1) is 16.1. The summed E-state index contributed by atoms with van der Waals surface area (Å²) in [6.45, 7) is 9.05. The number of halogens is 1. The number of ether oxygens (including phenoxy) is 1. The third-order valence-corrected chi connectivity index (χ3v) is 3.73. The highest BCUT2D eigenvalue weighted by atomic mass is 35.5. The van der Waals surface area contributed by atoms with Crippen LogP contribution < -0.4 is 5.32 Å². The van der Waals surface area contributed by atoms with Crippen molar-refractivity contribution >= 4 is 17.7 Å². The van der Waals surface area contributed by atoms with Gasteiger partial charge in [-0.15, -0.1) is 0 Å². The van der Waals surface area contributed by atoms with Gasteiger partial charge in [0.1, 0.15) is 5.60 Å². The van der Waals surface area contributed by atoms with Gasteiger partial charge in [0, 0.05) is 30.2 Å². The van der Waals surface area contributed by atoms with Crippen LogP contribution >= 0.6 is 11.6 Å². The summed E-state index contributed by atoms with van der Waals surface area (Å²) >= 11 is 6.19. The number of amides is 1. The number of benzene rings is 1. The van der Waals surface area contributed by atoms with Gasteiger partial charge in [0.25, 0.3) is 0 Å². The zero-order valence-electron chi connectivity index (χ0n) is 13.0. The molecule has 4 nitrogen and oxygen atoms in total. The number of carbonyl (C=O) groups excluding carboxylic acids is 1. The van der Waals surface area contributed by atoms with Gasteiger partial charge in [0.05, 0.1) is 0 Å². The van der Waals surface area contributed by atoms with Crippen molar-refractivity contribution in [3.05, 3.63) is 34.9 Å². The molecule has 0 bridgehead atoms. The highest BCUT2D eigenvalue weighted by Crippen LogP contribution is 2.24. The number of nitrogens with zero attached hydrogens (tertiary/aromatic N) is 1. The molecule has 1 aromatic carbocycles. The van der Waals surface area contributed by atoms with Crippen molar-refractivity contribution in [3.8, 4) is 0 Å². The van der Waals surface area contributed by atoms with Crippen molar-refractivity contribution in [3.63, 3.8) is 0 Å². The highest BCUT2D eigenvalue weighted by molar-refractivity contribution is 6.31. The molecule has 1 N–H and O–H groups in total. The third-order valence-electron chi connectivity index (χ3n) is 3.39. The molecule has 1 aromatic rings. The standard InChI is InChI=1S/C16H23ClN2O2/c1-11(13-7-5-6-8-14(13)17)18-12-9-19(10-12)15(20)21-16(2,3)4/h5-8,11-12,18H,9-10H2,1-4H3/t11-/m0/s1. The van der Waals surface area contributed by atoms with E-state index in [1.54, 1.807) is 4.90 Å². The zero-order chi connectivity index (χ0) is 15.6. The van der Waals surface area contributed by atoms with Crippen molar-refractivity contribution in [1.82, 2.24) is 10.2 Å². The normalized spacial score (nSPS) is 17.3. The number of carbonyl (C=O) groups is 1. The molecule has 116 valence electrons. The fourth-order valence-electron chi connectivity index (χ4n) is 2.33. The average Bonchev–Trinajstić information content (AvgIpc) is 2.31. The molecule has 1 atom stereocenters. The second kappa shape index (κ2) is 6.24. The Kier molecular flexibility index (Phi) is 4.79. The van der Waals surface area contributed by atoms with Crippen LogP contribution in [0, 0.1) is 0 Å². The zero-order valence-corrected chi connectivity index (χ0v) is 13.8. The summed E-state index contributed by atoms with van der Waals surface area (Å²) in [6, 6.07) is 8.25. The van der Waals surface area contributed by atoms with E-state index in [1.807, 2.05) is 45.0 Å². The van der Waals surface area contributed by atoms with E-state index < -0.39 is 5.60 Å². The van der Waals surface area contributed by atoms with Gasteiger partial charge in [0.15, 0.2) is 0 Å². The van der Waals surface area contributed by atoms with Crippen LogP contribution in [0.1, 0.15) is 39.3 Å². The van der Waals surface area contributed by atoms with E-state index >= 15 is 0 Å². The number of rotatable bonds is 3. The predicted octanol–water partition coefficient (Wildman–Crippen LogP) is 3.61. The molecule has 0 radical (unpaired) electrons. The van der Waals surface area contributed by atoms with Crippen LogP contribution in [0.3, 0.4) is 0 Å². The lowest BCUT2D eigenvalue weighted by Crippen LogP contribution is -2.60. The van der Waals surface area contributed by atoms with E-state index in [0.717, 1.165) is 10.6 Å². The summed E-state index contributed by atoms with van der Waals surface area (Å²) < 4.78 is 5.34. The molecule has 0 unspecified atom stereocenters. The lowest BCUT2D eigenvalue weighted by molar-refractivity contribution is 0.00434. The highest BCUT2D eigenvalue weighted by Gasteiger charge is 2.34. The van der Waals surface area contributed by atoms with E-state index in [9.17, 15) is 4.79 Å². The first-order valence-corrected chi connectivity index (χ1v) is 7.62. The molecule has 0 aliphatic carbocycles. The molecule has 1 fully saturated rings. The van der Waals surface area contributed by atoms with Crippen molar-refractivity contribution in [2.24, 2.45) is 0 Å². The second-order valence-electron chi connectivity index (χ2n) is 6.49. The first-order chi connectivity index (χ1) is 9.76. The minimum absolute atomic E-state index is 0.157. The Bertz CT molecular complexity index is 507. The molecule has 5 heteroatoms. The Morgan fingerprint density at radius 1 is 1.38 bits per heavy atom. The molecule has 1 saturated heterocycles. The van der Waals surface area contributed by atoms with Crippen molar-refractivity contribution < 1.29 is 9.53 Å². The van der Waals surface area contributed by atoms with E-state index in [4.69, 9.17) is 16.3 Å². The minimum atomic E-state index is -0.444. The molecule has 2 rings (SSSR count). The quantitative estimate of drug-likeness (QED) is 0.927. The Morgan fingerprint density at radius 3 is 2.57 bits per heavy atom. The van der Waals surface area contributed by atoms with Crippen LogP contribution in [0.4, 0.5) is 4.79 Å². The van der Waals surface area contributed by atoms with Crippen LogP contribution in [0.2, 0.25) is 5.02 Å². The van der Waals surface area contributed by atoms with Crippen LogP contribution in [-0.4, -0.2) is 35.7 Å². The van der Waals surface area contributed by atoms with Gasteiger partial charge in [-0.05, 0) is 39.3 Å². The summed E-state index contributed by atoms with van der Waals surface area (Å²) in [5.74, 6) is 0. The van der Waals surface area contributed by atoms with Crippen LogP contribution in [-0.2, 0) is 4.74 Å². The van der Waals surface area contributed by atoms with Crippen molar-refractivity contribution in [2.75, 3.05) is 13.1 Å².